The fraction of sp³-hybridized carbons (Fsp3) is 0.731. The SMILES string of the molecule is CCCC1(C(O)c2ccc(C3C(Cl)CC(Cl)C3CCCCCCC(=O)O)cc2)CCC1. The minimum atomic E-state index is -0.715. The van der Waals surface area contributed by atoms with Crippen molar-refractivity contribution >= 4 is 29.2 Å². The number of carboxylic acid groups (broad SMARTS) is 1. The molecule has 2 N–H and O–H groups in total. The van der Waals surface area contributed by atoms with Gasteiger partial charge in [0.1, 0.15) is 0 Å². The van der Waals surface area contributed by atoms with Gasteiger partial charge in [0, 0.05) is 28.5 Å². The fourth-order valence-electron chi connectivity index (χ4n) is 5.90. The first-order valence-corrected chi connectivity index (χ1v) is 13.0. The second-order valence-electron chi connectivity index (χ2n) is 9.84. The number of carbonyl (C=O) groups is 1. The van der Waals surface area contributed by atoms with Crippen molar-refractivity contribution in [1.29, 1.82) is 0 Å². The van der Waals surface area contributed by atoms with E-state index in [2.05, 4.69) is 31.2 Å². The van der Waals surface area contributed by atoms with Crippen LogP contribution >= 0.6 is 23.2 Å². The van der Waals surface area contributed by atoms with Crippen molar-refractivity contribution < 1.29 is 15.0 Å². The average Bonchev–Trinajstić information content (AvgIpc) is 2.99. The third-order valence-corrected chi connectivity index (χ3v) is 8.71. The topological polar surface area (TPSA) is 57.5 Å². The highest BCUT2D eigenvalue weighted by molar-refractivity contribution is 6.25. The molecule has 5 unspecified atom stereocenters. The van der Waals surface area contributed by atoms with Crippen molar-refractivity contribution in [2.45, 2.75) is 107 Å². The lowest BCUT2D eigenvalue weighted by atomic mass is 9.61. The van der Waals surface area contributed by atoms with Gasteiger partial charge in [-0.25, -0.2) is 0 Å². The Bertz CT molecular complexity index is 701. The number of aliphatic hydroxyl groups excluding tert-OH is 1. The zero-order valence-corrected chi connectivity index (χ0v) is 20.3. The zero-order valence-electron chi connectivity index (χ0n) is 18.7. The standard InChI is InChI=1S/C26H38Cl2O3/c1-2-14-26(15-7-16-26)25(31)19-12-10-18(11-13-19)24-20(21(27)17-22(24)28)8-5-3-4-6-9-23(29)30/h10-13,20-22,24-25,31H,2-9,14-17H2,1H3,(H,29,30). The molecule has 0 radical (unpaired) electrons. The Labute approximate surface area is 197 Å². The van der Waals surface area contributed by atoms with Crippen LogP contribution in [0.25, 0.3) is 0 Å². The van der Waals surface area contributed by atoms with Gasteiger partial charge >= 0.3 is 5.97 Å². The van der Waals surface area contributed by atoms with E-state index in [9.17, 15) is 9.90 Å². The molecular weight excluding hydrogens is 431 g/mol. The first-order valence-electron chi connectivity index (χ1n) is 12.2. The summed E-state index contributed by atoms with van der Waals surface area (Å²) in [6, 6.07) is 8.52. The van der Waals surface area contributed by atoms with Crippen LogP contribution in [0.1, 0.15) is 107 Å². The third-order valence-electron chi connectivity index (χ3n) is 7.76. The van der Waals surface area contributed by atoms with Crippen LogP contribution in [0.2, 0.25) is 0 Å². The Hall–Kier alpha value is -0.770. The number of unbranched alkanes of at least 4 members (excludes halogenated alkanes) is 3. The molecule has 2 saturated carbocycles. The van der Waals surface area contributed by atoms with Gasteiger partial charge in [-0.05, 0) is 55.6 Å². The minimum Gasteiger partial charge on any atom is -0.481 e. The highest BCUT2D eigenvalue weighted by Crippen LogP contribution is 2.54. The number of alkyl halides is 2. The van der Waals surface area contributed by atoms with Crippen LogP contribution in [0.5, 0.6) is 0 Å². The predicted octanol–water partition coefficient (Wildman–Crippen LogP) is 7.43. The van der Waals surface area contributed by atoms with Crippen LogP contribution in [0, 0.1) is 11.3 Å². The molecule has 3 nitrogen and oxygen atoms in total. The van der Waals surface area contributed by atoms with Crippen molar-refractivity contribution in [3.8, 4) is 0 Å². The molecule has 3 rings (SSSR count). The number of carboxylic acids is 1. The summed E-state index contributed by atoms with van der Waals surface area (Å²) in [6.45, 7) is 2.20. The molecule has 0 bridgehead atoms. The maximum absolute atomic E-state index is 11.1. The molecule has 31 heavy (non-hydrogen) atoms. The molecule has 0 heterocycles. The Balaban J connectivity index is 1.60. The summed E-state index contributed by atoms with van der Waals surface area (Å²) in [7, 11) is 0. The summed E-state index contributed by atoms with van der Waals surface area (Å²) in [5.74, 6) is -0.131. The van der Waals surface area contributed by atoms with E-state index in [0.29, 0.717) is 5.92 Å². The van der Waals surface area contributed by atoms with Crippen molar-refractivity contribution in [2.75, 3.05) is 0 Å². The Morgan fingerprint density at radius 2 is 1.77 bits per heavy atom. The summed E-state index contributed by atoms with van der Waals surface area (Å²) < 4.78 is 0. The quantitative estimate of drug-likeness (QED) is 0.247. The molecule has 0 spiro atoms. The van der Waals surface area contributed by atoms with Crippen molar-refractivity contribution in [3.05, 3.63) is 35.4 Å². The summed E-state index contributed by atoms with van der Waals surface area (Å²) >= 11 is 13.4. The number of rotatable bonds is 12. The molecule has 1 aromatic rings. The van der Waals surface area contributed by atoms with E-state index >= 15 is 0 Å². The van der Waals surface area contributed by atoms with Gasteiger partial charge in [-0.2, -0.15) is 0 Å². The number of aliphatic hydroxyl groups is 1. The third kappa shape index (κ3) is 5.97. The van der Waals surface area contributed by atoms with Crippen LogP contribution < -0.4 is 0 Å². The summed E-state index contributed by atoms with van der Waals surface area (Å²) in [5, 5.41) is 19.9. The van der Waals surface area contributed by atoms with Gasteiger partial charge in [0.25, 0.3) is 0 Å². The molecule has 2 fully saturated rings. The van der Waals surface area contributed by atoms with Crippen LogP contribution in [0.4, 0.5) is 0 Å². The lowest BCUT2D eigenvalue weighted by molar-refractivity contribution is -0.137. The van der Waals surface area contributed by atoms with Gasteiger partial charge in [-0.15, -0.1) is 23.2 Å². The monoisotopic (exact) mass is 468 g/mol. The molecule has 2 aliphatic carbocycles. The molecule has 174 valence electrons. The average molecular weight is 469 g/mol. The van der Waals surface area contributed by atoms with Gasteiger partial charge in [0.2, 0.25) is 0 Å². The lowest BCUT2D eigenvalue weighted by Gasteiger charge is -2.46. The summed E-state index contributed by atoms with van der Waals surface area (Å²) in [5.41, 5.74) is 2.33. The molecule has 1 aromatic carbocycles. The lowest BCUT2D eigenvalue weighted by Crippen LogP contribution is -2.36. The minimum absolute atomic E-state index is 0.0355. The van der Waals surface area contributed by atoms with Gasteiger partial charge < -0.3 is 10.2 Å². The Morgan fingerprint density at radius 1 is 1.10 bits per heavy atom. The van der Waals surface area contributed by atoms with Crippen molar-refractivity contribution in [3.63, 3.8) is 0 Å². The van der Waals surface area contributed by atoms with Gasteiger partial charge in [0.15, 0.2) is 0 Å². The molecule has 0 saturated heterocycles. The highest BCUT2D eigenvalue weighted by atomic mass is 35.5. The predicted molar refractivity (Wildman–Crippen MR) is 128 cm³/mol. The molecule has 0 aliphatic heterocycles. The first kappa shape index (κ1) is 24.9. The van der Waals surface area contributed by atoms with Gasteiger partial charge in [0.05, 0.1) is 6.10 Å². The first-order chi connectivity index (χ1) is 14.9. The number of hydrogen-bond donors (Lipinski definition) is 2. The maximum Gasteiger partial charge on any atom is 0.303 e. The van der Waals surface area contributed by atoms with Gasteiger partial charge in [-0.3, -0.25) is 4.79 Å². The number of halogens is 2. The largest absolute Gasteiger partial charge is 0.481 e. The number of aliphatic carboxylic acids is 1. The number of hydrogen-bond acceptors (Lipinski definition) is 2. The molecule has 2 aliphatic rings. The van der Waals surface area contributed by atoms with Crippen molar-refractivity contribution in [2.24, 2.45) is 11.3 Å². The highest BCUT2D eigenvalue weighted by Gasteiger charge is 2.44. The zero-order chi connectivity index (χ0) is 22.4. The molecule has 5 atom stereocenters. The fourth-order valence-corrected chi connectivity index (χ4v) is 6.99. The summed E-state index contributed by atoms with van der Waals surface area (Å²) in [6.07, 6.45) is 11.2. The van der Waals surface area contributed by atoms with Crippen LogP contribution in [0.3, 0.4) is 0 Å². The van der Waals surface area contributed by atoms with E-state index < -0.39 is 5.97 Å². The van der Waals surface area contributed by atoms with E-state index in [4.69, 9.17) is 28.3 Å². The van der Waals surface area contributed by atoms with E-state index in [-0.39, 0.29) is 34.6 Å². The van der Waals surface area contributed by atoms with E-state index in [1.807, 2.05) is 0 Å². The molecular formula is C26H38Cl2O3. The van der Waals surface area contributed by atoms with E-state index in [1.54, 1.807) is 0 Å². The smallest absolute Gasteiger partial charge is 0.303 e. The molecule has 5 heteroatoms. The maximum atomic E-state index is 11.1. The molecule has 0 amide bonds. The Kier molecular flexibility index (Phi) is 9.13. The van der Waals surface area contributed by atoms with Crippen LogP contribution in [0.15, 0.2) is 24.3 Å². The van der Waals surface area contributed by atoms with Crippen molar-refractivity contribution in [1.82, 2.24) is 0 Å². The normalized spacial score (nSPS) is 28.3. The summed E-state index contributed by atoms with van der Waals surface area (Å²) in [4.78, 5) is 10.6. The van der Waals surface area contributed by atoms with Gasteiger partial charge in [-0.1, -0.05) is 63.3 Å². The molecule has 0 aromatic heterocycles. The number of benzene rings is 1. The van der Waals surface area contributed by atoms with E-state index in [0.717, 1.165) is 69.8 Å². The van der Waals surface area contributed by atoms with E-state index in [1.165, 1.54) is 12.0 Å². The Morgan fingerprint density at radius 3 is 2.35 bits per heavy atom. The second kappa shape index (κ2) is 11.4. The second-order valence-corrected chi connectivity index (χ2v) is 11.0. The van der Waals surface area contributed by atoms with Crippen LogP contribution in [-0.2, 0) is 4.79 Å². The van der Waals surface area contributed by atoms with Crippen LogP contribution in [-0.4, -0.2) is 26.9 Å².